The standard InChI is InChI=1S/C22H29N3O4S/c1-16-13-19-14-18(7-10-21(19)25(16)30(4,27)28)22(26)23-15-17-5-8-20(9-6-17)29-12-11-24(2)3/h5-10,14,16H,11-13,15H2,1-4H3,(H,23,26). The minimum Gasteiger partial charge on any atom is -0.492 e. The topological polar surface area (TPSA) is 79.0 Å². The molecule has 1 atom stereocenters. The number of nitrogens with zero attached hydrogens (tertiary/aromatic N) is 2. The molecule has 0 radical (unpaired) electrons. The molecule has 7 nitrogen and oxygen atoms in total. The number of amides is 1. The third-order valence-electron chi connectivity index (χ3n) is 5.04. The van der Waals surface area contributed by atoms with Crippen molar-refractivity contribution in [1.82, 2.24) is 10.2 Å². The molecule has 0 aliphatic carbocycles. The summed E-state index contributed by atoms with van der Waals surface area (Å²) in [7, 11) is 0.659. The summed E-state index contributed by atoms with van der Waals surface area (Å²) in [5, 5.41) is 2.92. The maximum absolute atomic E-state index is 12.6. The van der Waals surface area contributed by atoms with Crippen LogP contribution in [0.4, 0.5) is 5.69 Å². The number of anilines is 1. The fourth-order valence-corrected chi connectivity index (χ4v) is 4.85. The average Bonchev–Trinajstić information content (AvgIpc) is 3.02. The van der Waals surface area contributed by atoms with Crippen LogP contribution < -0.4 is 14.4 Å². The molecule has 1 heterocycles. The van der Waals surface area contributed by atoms with Gasteiger partial charge in [0.05, 0.1) is 11.9 Å². The molecule has 1 unspecified atom stereocenters. The molecule has 162 valence electrons. The molecule has 1 aliphatic heterocycles. The van der Waals surface area contributed by atoms with Gasteiger partial charge in [0.25, 0.3) is 5.91 Å². The Morgan fingerprint density at radius 2 is 1.90 bits per heavy atom. The molecule has 0 fully saturated rings. The predicted molar refractivity (Wildman–Crippen MR) is 119 cm³/mol. The number of sulfonamides is 1. The molecule has 0 saturated heterocycles. The van der Waals surface area contributed by atoms with Crippen molar-refractivity contribution in [3.8, 4) is 5.75 Å². The zero-order valence-corrected chi connectivity index (χ0v) is 18.7. The van der Waals surface area contributed by atoms with Crippen LogP contribution in [-0.2, 0) is 23.0 Å². The van der Waals surface area contributed by atoms with Gasteiger partial charge >= 0.3 is 0 Å². The minimum absolute atomic E-state index is 0.147. The van der Waals surface area contributed by atoms with E-state index >= 15 is 0 Å². The first-order chi connectivity index (χ1) is 14.1. The Morgan fingerprint density at radius 1 is 1.20 bits per heavy atom. The molecule has 3 rings (SSSR count). The molecule has 1 amide bonds. The molecule has 2 aromatic rings. The first-order valence-electron chi connectivity index (χ1n) is 9.92. The van der Waals surface area contributed by atoms with Gasteiger partial charge in [-0.15, -0.1) is 0 Å². The van der Waals surface area contributed by atoms with Gasteiger partial charge < -0.3 is 15.0 Å². The number of carbonyl (C=O) groups is 1. The fourth-order valence-electron chi connectivity index (χ4n) is 3.58. The summed E-state index contributed by atoms with van der Waals surface area (Å²) in [6.45, 7) is 3.74. The number of carbonyl (C=O) groups excluding carboxylic acids is 1. The lowest BCUT2D eigenvalue weighted by Gasteiger charge is -2.21. The average molecular weight is 432 g/mol. The lowest BCUT2D eigenvalue weighted by Crippen LogP contribution is -2.34. The highest BCUT2D eigenvalue weighted by atomic mass is 32.2. The van der Waals surface area contributed by atoms with E-state index in [1.54, 1.807) is 18.2 Å². The summed E-state index contributed by atoms with van der Waals surface area (Å²) in [5.41, 5.74) is 3.03. The second kappa shape index (κ2) is 9.06. The smallest absolute Gasteiger partial charge is 0.251 e. The van der Waals surface area contributed by atoms with Crippen molar-refractivity contribution < 1.29 is 17.9 Å². The van der Waals surface area contributed by atoms with Crippen molar-refractivity contribution in [2.45, 2.75) is 25.9 Å². The second-order valence-corrected chi connectivity index (χ2v) is 9.79. The predicted octanol–water partition coefficient (Wildman–Crippen LogP) is 2.27. The van der Waals surface area contributed by atoms with Crippen LogP contribution in [0.2, 0.25) is 0 Å². The van der Waals surface area contributed by atoms with Gasteiger partial charge in [-0.1, -0.05) is 12.1 Å². The van der Waals surface area contributed by atoms with Crippen LogP contribution in [-0.4, -0.2) is 58.8 Å². The van der Waals surface area contributed by atoms with Gasteiger partial charge in [-0.2, -0.15) is 0 Å². The normalized spacial score (nSPS) is 15.9. The number of rotatable bonds is 8. The van der Waals surface area contributed by atoms with E-state index in [-0.39, 0.29) is 11.9 Å². The molecule has 0 bridgehead atoms. The number of nitrogens with one attached hydrogen (secondary N) is 1. The Balaban J connectivity index is 1.59. The van der Waals surface area contributed by atoms with Crippen LogP contribution in [0.1, 0.15) is 28.4 Å². The molecule has 30 heavy (non-hydrogen) atoms. The van der Waals surface area contributed by atoms with Crippen molar-refractivity contribution in [2.24, 2.45) is 0 Å². The molecule has 0 saturated carbocycles. The Bertz CT molecular complexity index is 1000. The lowest BCUT2D eigenvalue weighted by molar-refractivity contribution is 0.0951. The van der Waals surface area contributed by atoms with Crippen molar-refractivity contribution in [3.05, 3.63) is 59.2 Å². The van der Waals surface area contributed by atoms with Crippen molar-refractivity contribution in [3.63, 3.8) is 0 Å². The highest BCUT2D eigenvalue weighted by Gasteiger charge is 2.32. The zero-order valence-electron chi connectivity index (χ0n) is 17.9. The summed E-state index contributed by atoms with van der Waals surface area (Å²) in [6, 6.07) is 12.7. The van der Waals surface area contributed by atoms with Gasteiger partial charge in [0, 0.05) is 24.7 Å². The summed E-state index contributed by atoms with van der Waals surface area (Å²) >= 11 is 0. The van der Waals surface area contributed by atoms with E-state index in [0.29, 0.717) is 30.8 Å². The number of benzene rings is 2. The van der Waals surface area contributed by atoms with Crippen molar-refractivity contribution >= 4 is 21.6 Å². The van der Waals surface area contributed by atoms with Gasteiger partial charge in [-0.05, 0) is 68.9 Å². The highest BCUT2D eigenvalue weighted by Crippen LogP contribution is 2.34. The van der Waals surface area contributed by atoms with E-state index in [9.17, 15) is 13.2 Å². The number of ether oxygens (including phenoxy) is 1. The lowest BCUT2D eigenvalue weighted by atomic mass is 10.1. The van der Waals surface area contributed by atoms with E-state index in [1.807, 2.05) is 45.3 Å². The van der Waals surface area contributed by atoms with Crippen LogP contribution in [0.15, 0.2) is 42.5 Å². The Morgan fingerprint density at radius 3 is 2.53 bits per heavy atom. The Kier molecular flexibility index (Phi) is 6.67. The van der Waals surface area contributed by atoms with Gasteiger partial charge in [0.1, 0.15) is 12.4 Å². The van der Waals surface area contributed by atoms with Gasteiger partial charge in [0.2, 0.25) is 10.0 Å². The van der Waals surface area contributed by atoms with E-state index in [2.05, 4.69) is 10.2 Å². The number of hydrogen-bond acceptors (Lipinski definition) is 5. The monoisotopic (exact) mass is 431 g/mol. The number of fused-ring (bicyclic) bond motifs is 1. The van der Waals surface area contributed by atoms with Crippen molar-refractivity contribution in [1.29, 1.82) is 0 Å². The highest BCUT2D eigenvalue weighted by molar-refractivity contribution is 7.92. The maximum Gasteiger partial charge on any atom is 0.251 e. The minimum atomic E-state index is -3.34. The molecule has 8 heteroatoms. The van der Waals surface area contributed by atoms with Gasteiger partial charge in [-0.25, -0.2) is 8.42 Å². The summed E-state index contributed by atoms with van der Waals surface area (Å²) in [4.78, 5) is 14.6. The van der Waals surface area contributed by atoms with Crippen LogP contribution in [0.3, 0.4) is 0 Å². The van der Waals surface area contributed by atoms with E-state index in [4.69, 9.17) is 4.74 Å². The van der Waals surface area contributed by atoms with Gasteiger partial charge in [-0.3, -0.25) is 9.10 Å². The zero-order chi connectivity index (χ0) is 21.9. The van der Waals surface area contributed by atoms with E-state index < -0.39 is 10.0 Å². The number of likely N-dealkylation sites (N-methyl/N-ethyl adjacent to an activating group) is 1. The molecule has 0 aromatic heterocycles. The van der Waals surface area contributed by atoms with Crippen LogP contribution in [0, 0.1) is 0 Å². The maximum atomic E-state index is 12.6. The Labute approximate surface area is 178 Å². The van der Waals surface area contributed by atoms with Crippen LogP contribution >= 0.6 is 0 Å². The molecule has 1 aliphatic rings. The van der Waals surface area contributed by atoms with E-state index in [0.717, 1.165) is 23.4 Å². The van der Waals surface area contributed by atoms with Crippen LogP contribution in [0.5, 0.6) is 5.75 Å². The quantitative estimate of drug-likeness (QED) is 0.694. The summed E-state index contributed by atoms with van der Waals surface area (Å²) in [5.74, 6) is 0.615. The van der Waals surface area contributed by atoms with Crippen molar-refractivity contribution in [2.75, 3.05) is 37.8 Å². The van der Waals surface area contributed by atoms with Gasteiger partial charge in [0.15, 0.2) is 0 Å². The largest absolute Gasteiger partial charge is 0.492 e. The third-order valence-corrected chi connectivity index (χ3v) is 6.31. The molecule has 0 spiro atoms. The Hall–Kier alpha value is -2.58. The molecule has 1 N–H and O–H groups in total. The first-order valence-corrected chi connectivity index (χ1v) is 11.8. The van der Waals surface area contributed by atoms with Crippen LogP contribution in [0.25, 0.3) is 0 Å². The fraction of sp³-hybridized carbons (Fsp3) is 0.409. The second-order valence-electron chi connectivity index (χ2n) is 7.93. The molecule has 2 aromatic carbocycles. The number of hydrogen-bond donors (Lipinski definition) is 1. The first kappa shape index (κ1) is 22.1. The summed E-state index contributed by atoms with van der Waals surface area (Å²) in [6.07, 6.45) is 1.80. The molecular formula is C22H29N3O4S. The molecular weight excluding hydrogens is 402 g/mol. The third kappa shape index (κ3) is 5.31. The summed E-state index contributed by atoms with van der Waals surface area (Å²) < 4.78 is 31.2. The SMILES string of the molecule is CC1Cc2cc(C(=O)NCc3ccc(OCCN(C)C)cc3)ccc2N1S(C)(=O)=O. The van der Waals surface area contributed by atoms with E-state index in [1.165, 1.54) is 10.6 Å².